The zero-order valence-electron chi connectivity index (χ0n) is 21.9. The number of sulfonamides is 1. The molecule has 4 rings (SSSR count). The number of para-hydroxylation sites is 1. The van der Waals surface area contributed by atoms with Crippen molar-refractivity contribution in [2.75, 3.05) is 18.0 Å². The van der Waals surface area contributed by atoms with E-state index in [0.29, 0.717) is 18.1 Å². The molecule has 4 aromatic rings. The summed E-state index contributed by atoms with van der Waals surface area (Å²) in [6, 6.07) is 29.0. The third-order valence-corrected chi connectivity index (χ3v) is 7.64. The van der Waals surface area contributed by atoms with Crippen LogP contribution in [0.1, 0.15) is 21.5 Å². The molecule has 0 aromatic heterocycles. The first-order valence-electron chi connectivity index (χ1n) is 12.4. The lowest BCUT2D eigenvalue weighted by molar-refractivity contribution is 0.0955. The molecule has 0 spiro atoms. The molecule has 0 atom stereocenters. The predicted octanol–water partition coefficient (Wildman–Crippen LogP) is 5.42. The monoisotopic (exact) mass is 555 g/mol. The number of amides is 1. The molecule has 4 aromatic carbocycles. The van der Waals surface area contributed by atoms with Gasteiger partial charge in [0.25, 0.3) is 15.9 Å². The van der Waals surface area contributed by atoms with Crippen LogP contribution in [0.2, 0.25) is 0 Å². The molecule has 40 heavy (non-hydrogen) atoms. The minimum absolute atomic E-state index is 0.0169. The minimum Gasteiger partial charge on any atom is -0.497 e. The largest absolute Gasteiger partial charge is 0.497 e. The Morgan fingerprint density at radius 3 is 2.23 bits per heavy atom. The van der Waals surface area contributed by atoms with Gasteiger partial charge in [-0.2, -0.15) is 5.10 Å². The van der Waals surface area contributed by atoms with E-state index >= 15 is 0 Å². The number of nitrogens with one attached hydrogen (secondary N) is 1. The third kappa shape index (κ3) is 6.95. The van der Waals surface area contributed by atoms with Crippen molar-refractivity contribution in [3.63, 3.8) is 0 Å². The second-order valence-corrected chi connectivity index (χ2v) is 10.4. The van der Waals surface area contributed by atoms with Gasteiger partial charge in [0, 0.05) is 0 Å². The van der Waals surface area contributed by atoms with Crippen molar-refractivity contribution in [1.29, 1.82) is 0 Å². The van der Waals surface area contributed by atoms with E-state index in [1.165, 1.54) is 29.8 Å². The number of hydrogen-bond donors (Lipinski definition) is 1. The molecule has 0 aliphatic carbocycles. The van der Waals surface area contributed by atoms with Gasteiger partial charge in [0.15, 0.2) is 0 Å². The molecule has 0 fully saturated rings. The van der Waals surface area contributed by atoms with E-state index in [1.807, 2.05) is 30.3 Å². The number of hydrogen-bond acceptors (Lipinski definition) is 6. The lowest BCUT2D eigenvalue weighted by Gasteiger charge is -2.26. The molecule has 0 heterocycles. The van der Waals surface area contributed by atoms with Gasteiger partial charge in [-0.25, -0.2) is 13.8 Å². The highest BCUT2D eigenvalue weighted by Gasteiger charge is 2.28. The molecule has 0 radical (unpaired) electrons. The van der Waals surface area contributed by atoms with Crippen molar-refractivity contribution < 1.29 is 22.7 Å². The van der Waals surface area contributed by atoms with Crippen molar-refractivity contribution in [2.24, 2.45) is 5.10 Å². The smallest absolute Gasteiger partial charge is 0.273 e. The lowest BCUT2D eigenvalue weighted by Crippen LogP contribution is -2.33. The fourth-order valence-electron chi connectivity index (χ4n) is 3.84. The first-order valence-corrected chi connectivity index (χ1v) is 13.8. The quantitative estimate of drug-likeness (QED) is 0.143. The summed E-state index contributed by atoms with van der Waals surface area (Å²) in [5.74, 6) is 0.664. The summed E-state index contributed by atoms with van der Waals surface area (Å²) in [6.45, 7) is 4.04. The van der Waals surface area contributed by atoms with Crippen molar-refractivity contribution in [3.8, 4) is 11.5 Å². The van der Waals surface area contributed by atoms with Crippen LogP contribution in [0.15, 0.2) is 126 Å². The first kappa shape index (κ1) is 28.1. The average Bonchev–Trinajstić information content (AvgIpc) is 3.00. The summed E-state index contributed by atoms with van der Waals surface area (Å²) < 4.78 is 39.7. The van der Waals surface area contributed by atoms with Gasteiger partial charge in [-0.05, 0) is 71.8 Å². The van der Waals surface area contributed by atoms with Crippen LogP contribution >= 0.6 is 0 Å². The number of rotatable bonds is 12. The Bertz CT molecular complexity index is 1570. The molecule has 0 bridgehead atoms. The van der Waals surface area contributed by atoms with Crippen LogP contribution in [-0.2, 0) is 16.6 Å². The Balaban J connectivity index is 1.62. The van der Waals surface area contributed by atoms with Crippen LogP contribution < -0.4 is 19.2 Å². The predicted molar refractivity (Wildman–Crippen MR) is 156 cm³/mol. The molecule has 1 amide bonds. The summed E-state index contributed by atoms with van der Waals surface area (Å²) in [5.41, 5.74) is 4.38. The number of hydrazone groups is 1. The molecule has 0 saturated heterocycles. The number of nitrogens with zero attached hydrogens (tertiary/aromatic N) is 2. The van der Waals surface area contributed by atoms with E-state index < -0.39 is 15.9 Å². The highest BCUT2D eigenvalue weighted by atomic mass is 32.2. The van der Waals surface area contributed by atoms with Gasteiger partial charge in [-0.1, -0.05) is 55.1 Å². The van der Waals surface area contributed by atoms with Crippen LogP contribution in [0.25, 0.3) is 0 Å². The Morgan fingerprint density at radius 2 is 1.55 bits per heavy atom. The molecule has 1 N–H and O–H groups in total. The van der Waals surface area contributed by atoms with Gasteiger partial charge in [-0.3, -0.25) is 9.10 Å². The summed E-state index contributed by atoms with van der Waals surface area (Å²) in [4.78, 5) is 13.3. The highest BCUT2D eigenvalue weighted by molar-refractivity contribution is 7.92. The maximum Gasteiger partial charge on any atom is 0.273 e. The van der Waals surface area contributed by atoms with Crippen molar-refractivity contribution in [2.45, 2.75) is 11.4 Å². The van der Waals surface area contributed by atoms with Crippen molar-refractivity contribution >= 4 is 27.8 Å². The Kier molecular flexibility index (Phi) is 9.32. The Labute approximate surface area is 234 Å². The van der Waals surface area contributed by atoms with Crippen molar-refractivity contribution in [3.05, 3.63) is 132 Å². The molecular formula is C31H29N3O5S. The normalized spacial score (nSPS) is 11.1. The van der Waals surface area contributed by atoms with E-state index in [4.69, 9.17) is 9.47 Å². The molecule has 9 heteroatoms. The maximum absolute atomic E-state index is 13.9. The molecule has 0 aliphatic rings. The zero-order chi connectivity index (χ0) is 28.4. The van der Waals surface area contributed by atoms with E-state index in [1.54, 1.807) is 66.7 Å². The summed E-state index contributed by atoms with van der Waals surface area (Å²) in [6.07, 6.45) is 3.15. The summed E-state index contributed by atoms with van der Waals surface area (Å²) in [5, 5.41) is 4.07. The van der Waals surface area contributed by atoms with Crippen molar-refractivity contribution in [1.82, 2.24) is 5.43 Å². The van der Waals surface area contributed by atoms with Crippen LogP contribution in [0, 0.1) is 0 Å². The third-order valence-electron chi connectivity index (χ3n) is 5.86. The number of benzene rings is 4. The van der Waals surface area contributed by atoms with Gasteiger partial charge in [0.05, 0.1) is 36.0 Å². The Morgan fingerprint density at radius 1 is 0.900 bits per heavy atom. The van der Waals surface area contributed by atoms with E-state index in [9.17, 15) is 13.2 Å². The van der Waals surface area contributed by atoms with Gasteiger partial charge < -0.3 is 9.47 Å². The topological polar surface area (TPSA) is 97.3 Å². The molecule has 0 unspecified atom stereocenters. The maximum atomic E-state index is 13.9. The molecule has 204 valence electrons. The van der Waals surface area contributed by atoms with Gasteiger partial charge in [-0.15, -0.1) is 0 Å². The van der Waals surface area contributed by atoms with Crippen LogP contribution in [0.5, 0.6) is 11.5 Å². The number of anilines is 1. The number of carbonyl (C=O) groups excluding carboxylic acids is 1. The van der Waals surface area contributed by atoms with Crippen LogP contribution in [0.3, 0.4) is 0 Å². The van der Waals surface area contributed by atoms with Crippen LogP contribution in [0.4, 0.5) is 5.69 Å². The molecule has 0 saturated carbocycles. The lowest BCUT2D eigenvalue weighted by atomic mass is 10.1. The summed E-state index contributed by atoms with van der Waals surface area (Å²) in [7, 11) is -2.56. The number of ether oxygens (including phenoxy) is 2. The first-order chi connectivity index (χ1) is 19.4. The standard InChI is InChI=1S/C31H29N3O5S/c1-3-21-39-27-15-13-24(14-16-27)22-32-33-31(35)29-11-7-8-12-30(29)34(23-25-9-5-4-6-10-25)40(36,37)28-19-17-26(38-2)18-20-28/h3-20,22H,1,21,23H2,2H3,(H,33,35)/b32-22-. The molecule has 0 aliphatic heterocycles. The molecule has 8 nitrogen and oxygen atoms in total. The van der Waals surface area contributed by atoms with Gasteiger partial charge in [0.2, 0.25) is 0 Å². The zero-order valence-corrected chi connectivity index (χ0v) is 22.8. The second-order valence-electron chi connectivity index (χ2n) is 8.56. The fourth-order valence-corrected chi connectivity index (χ4v) is 5.31. The highest BCUT2D eigenvalue weighted by Crippen LogP contribution is 2.30. The van der Waals surface area contributed by atoms with E-state index in [2.05, 4.69) is 17.1 Å². The van der Waals surface area contributed by atoms with Gasteiger partial charge >= 0.3 is 0 Å². The number of methoxy groups -OCH3 is 1. The van der Waals surface area contributed by atoms with Gasteiger partial charge in [0.1, 0.15) is 18.1 Å². The van der Waals surface area contributed by atoms with E-state index in [-0.39, 0.29) is 22.7 Å². The second kappa shape index (κ2) is 13.3. The minimum atomic E-state index is -4.07. The van der Waals surface area contributed by atoms with E-state index in [0.717, 1.165) is 11.1 Å². The average molecular weight is 556 g/mol. The van der Waals surface area contributed by atoms with Crippen LogP contribution in [-0.4, -0.2) is 34.3 Å². The summed E-state index contributed by atoms with van der Waals surface area (Å²) >= 11 is 0. The fraction of sp³-hybridized carbons (Fsp3) is 0.0968. The Hall–Kier alpha value is -4.89. The number of carbonyl (C=O) groups is 1. The SMILES string of the molecule is C=CCOc1ccc(/C=N\NC(=O)c2ccccc2N(Cc2ccccc2)S(=O)(=O)c2ccc(OC)cc2)cc1. The molecular weight excluding hydrogens is 526 g/mol.